The molecular weight excluding hydrogens is 406 g/mol. The molecule has 0 saturated heterocycles. The zero-order valence-corrected chi connectivity index (χ0v) is 21.8. The second kappa shape index (κ2) is 17.6. The van der Waals surface area contributed by atoms with Gasteiger partial charge in [0.2, 0.25) is 0 Å². The summed E-state index contributed by atoms with van der Waals surface area (Å²) in [5, 5.41) is 0. The number of benzene rings is 1. The van der Waals surface area contributed by atoms with Gasteiger partial charge in [-0.2, -0.15) is 0 Å². The van der Waals surface area contributed by atoms with E-state index < -0.39 is 10.1 Å². The molecule has 0 unspecified atom stereocenters. The standard InChI is InChI=1S/C19H42N.C7H8O3S/c1-5-8-11-14-17-20(4,18-15-12-9-6-2)19-16-13-10-7-3;1-6-2-4-7(5-3-6)11(8,9)10/h5-19H2,1-4H3;2-5H,1H3,(H,8,9,10)/q+1;/p-1. The van der Waals surface area contributed by atoms with Crippen LogP contribution in [0.15, 0.2) is 29.2 Å². The molecule has 0 spiro atoms. The van der Waals surface area contributed by atoms with Gasteiger partial charge in [-0.15, -0.1) is 0 Å². The number of nitrogens with zero attached hydrogens (tertiary/aromatic N) is 1. The maximum absolute atomic E-state index is 10.4. The molecular formula is C26H49NO3S. The average Bonchev–Trinajstić information content (AvgIpc) is 2.72. The van der Waals surface area contributed by atoms with E-state index in [0.717, 1.165) is 5.56 Å². The van der Waals surface area contributed by atoms with Gasteiger partial charge in [-0.1, -0.05) is 77.0 Å². The number of hydrogen-bond donors (Lipinski definition) is 0. The Morgan fingerprint density at radius 2 is 1.03 bits per heavy atom. The minimum absolute atomic E-state index is 0.178. The van der Waals surface area contributed by atoms with Gasteiger partial charge < -0.3 is 9.04 Å². The molecule has 31 heavy (non-hydrogen) atoms. The Balaban J connectivity index is 0.000000683. The van der Waals surface area contributed by atoms with E-state index in [4.69, 9.17) is 0 Å². The van der Waals surface area contributed by atoms with Crippen LogP contribution < -0.4 is 0 Å². The first-order valence-corrected chi connectivity index (χ1v) is 14.0. The van der Waals surface area contributed by atoms with E-state index >= 15 is 0 Å². The molecule has 0 saturated carbocycles. The lowest BCUT2D eigenvalue weighted by Crippen LogP contribution is -2.46. The highest BCUT2D eigenvalue weighted by molar-refractivity contribution is 7.85. The predicted octanol–water partition coefficient (Wildman–Crippen LogP) is 7.07. The highest BCUT2D eigenvalue weighted by Crippen LogP contribution is 2.14. The van der Waals surface area contributed by atoms with E-state index in [0.29, 0.717) is 0 Å². The Morgan fingerprint density at radius 3 is 1.32 bits per heavy atom. The summed E-state index contributed by atoms with van der Waals surface area (Å²) in [7, 11) is -1.75. The van der Waals surface area contributed by atoms with Crippen molar-refractivity contribution in [2.75, 3.05) is 26.7 Å². The second-order valence-electron chi connectivity index (χ2n) is 9.24. The first kappa shape index (κ1) is 30.1. The molecule has 0 aliphatic carbocycles. The topological polar surface area (TPSA) is 57.2 Å². The van der Waals surface area contributed by atoms with Crippen LogP contribution in [0, 0.1) is 6.92 Å². The van der Waals surface area contributed by atoms with Crippen molar-refractivity contribution in [1.82, 2.24) is 0 Å². The molecule has 0 bridgehead atoms. The van der Waals surface area contributed by atoms with E-state index in [1.807, 2.05) is 6.92 Å². The number of unbranched alkanes of at least 4 members (excludes halogenated alkanes) is 9. The van der Waals surface area contributed by atoms with Gasteiger partial charge in [0.05, 0.1) is 31.6 Å². The highest BCUT2D eigenvalue weighted by Gasteiger charge is 2.19. The fraction of sp³-hybridized carbons (Fsp3) is 0.769. The molecule has 0 amide bonds. The van der Waals surface area contributed by atoms with Crippen LogP contribution in [0.3, 0.4) is 0 Å². The van der Waals surface area contributed by atoms with Gasteiger partial charge in [0.25, 0.3) is 0 Å². The molecule has 0 aliphatic heterocycles. The molecule has 0 fully saturated rings. The van der Waals surface area contributed by atoms with Crippen molar-refractivity contribution in [3.63, 3.8) is 0 Å². The highest BCUT2D eigenvalue weighted by atomic mass is 32.2. The maximum atomic E-state index is 10.4. The van der Waals surface area contributed by atoms with E-state index in [-0.39, 0.29) is 4.90 Å². The lowest BCUT2D eigenvalue weighted by atomic mass is 10.1. The summed E-state index contributed by atoms with van der Waals surface area (Å²) in [6.07, 6.45) is 17.0. The van der Waals surface area contributed by atoms with Crippen molar-refractivity contribution in [2.45, 2.75) is 110 Å². The first-order valence-electron chi connectivity index (χ1n) is 12.5. The van der Waals surface area contributed by atoms with Crippen molar-refractivity contribution in [1.29, 1.82) is 0 Å². The molecule has 0 aromatic heterocycles. The largest absolute Gasteiger partial charge is 0.744 e. The van der Waals surface area contributed by atoms with Gasteiger partial charge in [0.1, 0.15) is 10.1 Å². The summed E-state index contributed by atoms with van der Waals surface area (Å²) in [6.45, 7) is 13.0. The Bertz CT molecular complexity index is 610. The SMILES string of the molecule is CCCCCC[N+](C)(CCCCCC)CCCCCC.Cc1ccc(S(=O)(=O)[O-])cc1. The molecule has 182 valence electrons. The molecule has 1 aromatic rings. The summed E-state index contributed by atoms with van der Waals surface area (Å²) < 4.78 is 32.5. The fourth-order valence-electron chi connectivity index (χ4n) is 3.80. The van der Waals surface area contributed by atoms with Crippen LogP contribution in [0.25, 0.3) is 0 Å². The Morgan fingerprint density at radius 1 is 0.677 bits per heavy atom. The van der Waals surface area contributed by atoms with Crippen LogP contribution in [0.4, 0.5) is 0 Å². The lowest BCUT2D eigenvalue weighted by molar-refractivity contribution is -0.910. The summed E-state index contributed by atoms with van der Waals surface area (Å²) in [5.41, 5.74) is 0.928. The van der Waals surface area contributed by atoms with Gasteiger partial charge in [0.15, 0.2) is 0 Å². The predicted molar refractivity (Wildman–Crippen MR) is 132 cm³/mol. The molecule has 5 heteroatoms. The molecule has 0 heterocycles. The Kier molecular flexibility index (Phi) is 17.1. The average molecular weight is 456 g/mol. The fourth-order valence-corrected chi connectivity index (χ4v) is 4.27. The van der Waals surface area contributed by atoms with Crippen LogP contribution >= 0.6 is 0 Å². The van der Waals surface area contributed by atoms with Crippen LogP contribution in [-0.4, -0.2) is 44.1 Å². The Hall–Kier alpha value is -0.910. The molecule has 0 radical (unpaired) electrons. The minimum atomic E-state index is -4.27. The van der Waals surface area contributed by atoms with Gasteiger partial charge in [0, 0.05) is 0 Å². The third kappa shape index (κ3) is 16.4. The first-order chi connectivity index (χ1) is 14.7. The summed E-state index contributed by atoms with van der Waals surface area (Å²) in [6, 6.07) is 5.78. The molecule has 1 rings (SSSR count). The third-order valence-corrected chi connectivity index (χ3v) is 6.81. The zero-order valence-electron chi connectivity index (χ0n) is 21.0. The van der Waals surface area contributed by atoms with Crippen LogP contribution in [0.1, 0.15) is 103 Å². The quantitative estimate of drug-likeness (QED) is 0.152. The zero-order chi connectivity index (χ0) is 23.6. The third-order valence-electron chi connectivity index (χ3n) is 5.96. The Labute approximate surface area is 193 Å². The van der Waals surface area contributed by atoms with Gasteiger partial charge in [-0.3, -0.25) is 0 Å². The molecule has 0 N–H and O–H groups in total. The van der Waals surface area contributed by atoms with Crippen molar-refractivity contribution >= 4 is 10.1 Å². The van der Waals surface area contributed by atoms with E-state index in [1.165, 1.54) is 113 Å². The molecule has 4 nitrogen and oxygen atoms in total. The molecule has 0 aliphatic rings. The second-order valence-corrected chi connectivity index (χ2v) is 10.6. The number of quaternary nitrogens is 1. The number of aryl methyl sites for hydroxylation is 1. The van der Waals surface area contributed by atoms with E-state index in [1.54, 1.807) is 12.1 Å². The van der Waals surface area contributed by atoms with Crippen molar-refractivity contribution in [2.24, 2.45) is 0 Å². The van der Waals surface area contributed by atoms with Gasteiger partial charge in [-0.05, 0) is 57.6 Å². The number of hydrogen-bond acceptors (Lipinski definition) is 3. The smallest absolute Gasteiger partial charge is 0.124 e. The lowest BCUT2D eigenvalue weighted by Gasteiger charge is -2.35. The van der Waals surface area contributed by atoms with Gasteiger partial charge >= 0.3 is 0 Å². The van der Waals surface area contributed by atoms with Crippen molar-refractivity contribution in [3.8, 4) is 0 Å². The monoisotopic (exact) mass is 455 g/mol. The van der Waals surface area contributed by atoms with E-state index in [2.05, 4.69) is 27.8 Å². The minimum Gasteiger partial charge on any atom is -0.744 e. The summed E-state index contributed by atoms with van der Waals surface area (Å²) in [5.74, 6) is 0. The summed E-state index contributed by atoms with van der Waals surface area (Å²) in [4.78, 5) is -0.178. The van der Waals surface area contributed by atoms with Crippen LogP contribution in [0.2, 0.25) is 0 Å². The van der Waals surface area contributed by atoms with Crippen LogP contribution in [0.5, 0.6) is 0 Å². The number of rotatable bonds is 16. The molecule has 1 aromatic carbocycles. The normalized spacial score (nSPS) is 11.8. The van der Waals surface area contributed by atoms with Crippen molar-refractivity contribution < 1.29 is 17.5 Å². The van der Waals surface area contributed by atoms with E-state index in [9.17, 15) is 13.0 Å². The van der Waals surface area contributed by atoms with Crippen molar-refractivity contribution in [3.05, 3.63) is 29.8 Å². The maximum Gasteiger partial charge on any atom is 0.124 e. The van der Waals surface area contributed by atoms with Gasteiger partial charge in [-0.25, -0.2) is 8.42 Å². The van der Waals surface area contributed by atoms with Crippen LogP contribution in [-0.2, 0) is 10.1 Å². The molecule has 0 atom stereocenters. The summed E-state index contributed by atoms with van der Waals surface area (Å²) >= 11 is 0.